The Morgan fingerprint density at radius 1 is 1.06 bits per heavy atom. The van der Waals surface area contributed by atoms with Crippen LogP contribution in [-0.4, -0.2) is 25.1 Å². The van der Waals surface area contributed by atoms with Crippen LogP contribution in [0.5, 0.6) is 11.5 Å². The van der Waals surface area contributed by atoms with E-state index in [0.29, 0.717) is 30.6 Å². The molecule has 0 bridgehead atoms. The number of ether oxygens (including phenoxy) is 3. The molecular weight excluding hydrogens is 597 g/mol. The Balaban J connectivity index is 1.55. The number of aliphatic imine (C=N–C) groups is 1. The van der Waals surface area contributed by atoms with Crippen LogP contribution in [0.25, 0.3) is 6.08 Å². The summed E-state index contributed by atoms with van der Waals surface area (Å²) in [6.45, 7) is 2.91. The highest BCUT2D eigenvalue weighted by molar-refractivity contribution is 14.1. The average molecular weight is 618 g/mol. The van der Waals surface area contributed by atoms with Crippen molar-refractivity contribution in [2.45, 2.75) is 13.3 Å². The van der Waals surface area contributed by atoms with Crippen molar-refractivity contribution < 1.29 is 19.0 Å². The predicted octanol–water partition coefficient (Wildman–Crippen LogP) is 6.42. The first-order chi connectivity index (χ1) is 16.0. The van der Waals surface area contributed by atoms with Crippen LogP contribution in [0.15, 0.2) is 81.9 Å². The maximum Gasteiger partial charge on any atom is 0.363 e. The third kappa shape index (κ3) is 6.03. The van der Waals surface area contributed by atoms with Gasteiger partial charge in [0.1, 0.15) is 0 Å². The number of hydrogen-bond acceptors (Lipinski definition) is 5. The molecule has 0 amide bonds. The fourth-order valence-corrected chi connectivity index (χ4v) is 4.21. The first-order valence-electron chi connectivity index (χ1n) is 10.4. The molecule has 0 N–H and O–H groups in total. The SMILES string of the molecule is CCOc1cc(/C=C2\N=C(c3ccc(I)cc3)OC2=O)cc(Br)c1OCCc1ccccc1. The van der Waals surface area contributed by atoms with Gasteiger partial charge in [-0.3, -0.25) is 0 Å². The van der Waals surface area contributed by atoms with E-state index in [2.05, 4.69) is 55.6 Å². The lowest BCUT2D eigenvalue weighted by Crippen LogP contribution is -2.05. The van der Waals surface area contributed by atoms with Gasteiger partial charge < -0.3 is 14.2 Å². The largest absolute Gasteiger partial charge is 0.490 e. The maximum atomic E-state index is 12.4. The van der Waals surface area contributed by atoms with Crippen molar-refractivity contribution in [2.24, 2.45) is 4.99 Å². The summed E-state index contributed by atoms with van der Waals surface area (Å²) in [5.74, 6) is 1.04. The highest BCUT2D eigenvalue weighted by atomic mass is 127. The number of hydrogen-bond donors (Lipinski definition) is 0. The van der Waals surface area contributed by atoms with Crippen LogP contribution in [0.3, 0.4) is 0 Å². The second kappa shape index (κ2) is 11.0. The summed E-state index contributed by atoms with van der Waals surface area (Å²) in [5.41, 5.74) is 2.94. The van der Waals surface area contributed by atoms with Crippen LogP contribution in [0, 0.1) is 3.57 Å². The van der Waals surface area contributed by atoms with Gasteiger partial charge in [-0.25, -0.2) is 9.79 Å². The Kier molecular flexibility index (Phi) is 7.82. The number of nitrogens with zero attached hydrogens (tertiary/aromatic N) is 1. The zero-order valence-electron chi connectivity index (χ0n) is 17.9. The van der Waals surface area contributed by atoms with E-state index in [4.69, 9.17) is 14.2 Å². The fraction of sp³-hybridized carbons (Fsp3) is 0.154. The molecule has 4 rings (SSSR count). The molecule has 0 aliphatic carbocycles. The molecule has 1 aliphatic rings. The Morgan fingerprint density at radius 2 is 1.82 bits per heavy atom. The van der Waals surface area contributed by atoms with Gasteiger partial charge in [0, 0.05) is 15.6 Å². The molecule has 0 aromatic heterocycles. The Labute approximate surface area is 214 Å². The van der Waals surface area contributed by atoms with Crippen LogP contribution in [0.1, 0.15) is 23.6 Å². The molecule has 0 atom stereocenters. The summed E-state index contributed by atoms with van der Waals surface area (Å²) in [4.78, 5) is 16.8. The highest BCUT2D eigenvalue weighted by Gasteiger charge is 2.24. The van der Waals surface area contributed by atoms with Gasteiger partial charge in [-0.15, -0.1) is 0 Å². The molecule has 3 aromatic carbocycles. The second-order valence-electron chi connectivity index (χ2n) is 7.19. The third-order valence-electron chi connectivity index (χ3n) is 4.83. The van der Waals surface area contributed by atoms with Crippen molar-refractivity contribution in [1.29, 1.82) is 0 Å². The molecule has 0 radical (unpaired) electrons. The van der Waals surface area contributed by atoms with Crippen molar-refractivity contribution in [2.75, 3.05) is 13.2 Å². The smallest absolute Gasteiger partial charge is 0.363 e. The van der Waals surface area contributed by atoms with Crippen molar-refractivity contribution in [3.63, 3.8) is 0 Å². The van der Waals surface area contributed by atoms with Gasteiger partial charge >= 0.3 is 5.97 Å². The zero-order valence-corrected chi connectivity index (χ0v) is 21.6. The van der Waals surface area contributed by atoms with E-state index in [1.165, 1.54) is 5.56 Å². The molecule has 0 saturated heterocycles. The van der Waals surface area contributed by atoms with E-state index >= 15 is 0 Å². The Hall–Kier alpha value is -2.65. The number of carbonyl (C=O) groups is 1. The standard InChI is InChI=1S/C26H21BrINO4/c1-2-31-23-16-18(14-21(27)24(23)32-13-12-17-6-4-3-5-7-17)15-22-26(30)33-25(29-22)19-8-10-20(28)11-9-19/h3-11,14-16H,2,12-13H2,1H3/b22-15-. The quantitative estimate of drug-likeness (QED) is 0.166. The summed E-state index contributed by atoms with van der Waals surface area (Å²) in [6, 6.07) is 21.5. The molecule has 0 unspecified atom stereocenters. The molecule has 33 heavy (non-hydrogen) atoms. The monoisotopic (exact) mass is 617 g/mol. The lowest BCUT2D eigenvalue weighted by Gasteiger charge is -2.15. The lowest BCUT2D eigenvalue weighted by molar-refractivity contribution is -0.129. The molecule has 168 valence electrons. The van der Waals surface area contributed by atoms with Crippen molar-refractivity contribution in [1.82, 2.24) is 0 Å². The Bertz CT molecular complexity index is 1210. The van der Waals surface area contributed by atoms with Crippen molar-refractivity contribution >= 4 is 56.5 Å². The second-order valence-corrected chi connectivity index (χ2v) is 9.29. The molecule has 5 nitrogen and oxygen atoms in total. The van der Waals surface area contributed by atoms with Crippen LogP contribution in [0.4, 0.5) is 0 Å². The maximum absolute atomic E-state index is 12.4. The topological polar surface area (TPSA) is 57.1 Å². The van der Waals surface area contributed by atoms with Crippen LogP contribution >= 0.6 is 38.5 Å². The van der Waals surface area contributed by atoms with Gasteiger partial charge in [-0.2, -0.15) is 0 Å². The summed E-state index contributed by atoms with van der Waals surface area (Å²) in [6.07, 6.45) is 2.47. The minimum atomic E-state index is -0.485. The first kappa shape index (κ1) is 23.5. The molecule has 0 fully saturated rings. The van der Waals surface area contributed by atoms with E-state index in [0.717, 1.165) is 25.6 Å². The number of esters is 1. The number of rotatable bonds is 8. The molecule has 0 spiro atoms. The average Bonchev–Trinajstić information content (AvgIpc) is 3.17. The van der Waals surface area contributed by atoms with Crippen LogP contribution in [-0.2, 0) is 16.0 Å². The molecule has 7 heteroatoms. The molecular formula is C26H21BrINO4. The summed E-state index contributed by atoms with van der Waals surface area (Å²) in [5, 5.41) is 0. The van der Waals surface area contributed by atoms with Gasteiger partial charge in [-0.05, 0) is 99.0 Å². The van der Waals surface area contributed by atoms with Gasteiger partial charge in [-0.1, -0.05) is 30.3 Å². The van der Waals surface area contributed by atoms with Crippen molar-refractivity contribution in [3.8, 4) is 11.5 Å². The van der Waals surface area contributed by atoms with E-state index in [-0.39, 0.29) is 5.70 Å². The minimum Gasteiger partial charge on any atom is -0.490 e. The predicted molar refractivity (Wildman–Crippen MR) is 141 cm³/mol. The number of cyclic esters (lactones) is 1. The molecule has 1 heterocycles. The highest BCUT2D eigenvalue weighted by Crippen LogP contribution is 2.38. The number of halogens is 2. The van der Waals surface area contributed by atoms with E-state index in [1.807, 2.05) is 61.5 Å². The lowest BCUT2D eigenvalue weighted by atomic mass is 10.1. The fourth-order valence-electron chi connectivity index (χ4n) is 3.27. The van der Waals surface area contributed by atoms with E-state index < -0.39 is 5.97 Å². The number of carbonyl (C=O) groups excluding carboxylic acids is 1. The summed E-state index contributed by atoms with van der Waals surface area (Å²) in [7, 11) is 0. The third-order valence-corrected chi connectivity index (χ3v) is 6.13. The Morgan fingerprint density at radius 3 is 2.55 bits per heavy atom. The first-order valence-corrected chi connectivity index (χ1v) is 12.3. The molecule has 3 aromatic rings. The minimum absolute atomic E-state index is 0.232. The number of benzene rings is 3. The zero-order chi connectivity index (χ0) is 23.2. The summed E-state index contributed by atoms with van der Waals surface area (Å²) >= 11 is 5.81. The van der Waals surface area contributed by atoms with Gasteiger partial charge in [0.2, 0.25) is 5.90 Å². The summed E-state index contributed by atoms with van der Waals surface area (Å²) < 4.78 is 19.1. The van der Waals surface area contributed by atoms with Gasteiger partial charge in [0.05, 0.1) is 17.7 Å². The normalized spacial score (nSPS) is 14.2. The van der Waals surface area contributed by atoms with Crippen molar-refractivity contribution in [3.05, 3.63) is 97.2 Å². The molecule has 0 saturated carbocycles. The van der Waals surface area contributed by atoms with Gasteiger partial charge in [0.15, 0.2) is 17.2 Å². The van der Waals surface area contributed by atoms with Gasteiger partial charge in [0.25, 0.3) is 0 Å². The van der Waals surface area contributed by atoms with E-state index in [9.17, 15) is 4.79 Å². The van der Waals surface area contributed by atoms with Crippen LogP contribution in [0.2, 0.25) is 0 Å². The van der Waals surface area contributed by atoms with Crippen LogP contribution < -0.4 is 9.47 Å². The van der Waals surface area contributed by atoms with E-state index in [1.54, 1.807) is 6.08 Å². The molecule has 1 aliphatic heterocycles.